The molecule has 2 N–H and O–H groups in total. The number of hydrogen-bond donors (Lipinski definition) is 2. The number of carboxylic acids is 1. The normalized spacial score (nSPS) is 22.2. The Bertz CT molecular complexity index is 809. The Morgan fingerprint density at radius 3 is 2.48 bits per heavy atom. The molecule has 0 saturated carbocycles. The molecule has 1 aromatic carbocycles. The Kier molecular flexibility index (Phi) is 4.39. The number of nitrogens with one attached hydrogen (secondary N) is 1. The first-order chi connectivity index (χ1) is 11.9. The largest absolute Gasteiger partial charge is 0.478 e. The topological polar surface area (TPSA) is 95.4 Å². The Balaban J connectivity index is 2.11. The van der Waals surface area contributed by atoms with Gasteiger partial charge in [-0.3, -0.25) is 4.79 Å². The van der Waals surface area contributed by atoms with Gasteiger partial charge in [-0.1, -0.05) is 6.92 Å². The van der Waals surface area contributed by atoms with Crippen LogP contribution in [0.4, 0.5) is 11.6 Å². The third kappa shape index (κ3) is 3.05. The van der Waals surface area contributed by atoms with Crippen molar-refractivity contribution in [3.05, 3.63) is 47.8 Å². The van der Waals surface area contributed by atoms with Crippen LogP contribution in [0.5, 0.6) is 0 Å². The lowest BCUT2D eigenvalue weighted by atomic mass is 9.82. The van der Waals surface area contributed by atoms with Gasteiger partial charge in [-0.25, -0.2) is 14.8 Å². The van der Waals surface area contributed by atoms with Gasteiger partial charge in [-0.05, 0) is 36.8 Å². The maximum Gasteiger partial charge on any atom is 0.335 e. The van der Waals surface area contributed by atoms with E-state index in [1.807, 2.05) is 13.8 Å². The third-order valence-corrected chi connectivity index (χ3v) is 4.75. The van der Waals surface area contributed by atoms with E-state index in [2.05, 4.69) is 15.3 Å². The molecule has 0 fully saturated rings. The Morgan fingerprint density at radius 2 is 1.88 bits per heavy atom. The quantitative estimate of drug-likeness (QED) is 0.892. The fourth-order valence-corrected chi connectivity index (χ4v) is 3.35. The summed E-state index contributed by atoms with van der Waals surface area (Å²) in [5, 5.41) is 12.6. The standard InChI is InChI=1S/C18H20N4O3/c1-10-11(2)22(12(3)23)15-6-5-13(17(24)25)9-14(15)16(10)21-18-19-7-4-8-20-18/h4-11,16H,1-3H3,(H,24,25)(H,19,20,21). The molecule has 7 heteroatoms. The van der Waals surface area contributed by atoms with Crippen LogP contribution in [0, 0.1) is 5.92 Å². The van der Waals surface area contributed by atoms with E-state index < -0.39 is 5.97 Å². The lowest BCUT2D eigenvalue weighted by Crippen LogP contribution is -2.48. The predicted octanol–water partition coefficient (Wildman–Crippen LogP) is 2.72. The lowest BCUT2D eigenvalue weighted by Gasteiger charge is -2.43. The fraction of sp³-hybridized carbons (Fsp3) is 0.333. The van der Waals surface area contributed by atoms with Crippen molar-refractivity contribution in [1.82, 2.24) is 9.97 Å². The molecule has 1 aliphatic heterocycles. The number of carbonyl (C=O) groups is 2. The van der Waals surface area contributed by atoms with Gasteiger partial charge in [0.2, 0.25) is 11.9 Å². The molecule has 1 aliphatic rings. The molecule has 0 bridgehead atoms. The molecule has 130 valence electrons. The molecule has 1 aromatic heterocycles. The highest BCUT2D eigenvalue weighted by atomic mass is 16.4. The summed E-state index contributed by atoms with van der Waals surface area (Å²) in [4.78, 5) is 33.7. The highest BCUT2D eigenvalue weighted by Crippen LogP contribution is 2.42. The summed E-state index contributed by atoms with van der Waals surface area (Å²) in [7, 11) is 0. The minimum atomic E-state index is -1.00. The van der Waals surface area contributed by atoms with Crippen molar-refractivity contribution in [2.75, 3.05) is 10.2 Å². The number of carboxylic acid groups (broad SMARTS) is 1. The summed E-state index contributed by atoms with van der Waals surface area (Å²) in [5.41, 5.74) is 1.66. The smallest absolute Gasteiger partial charge is 0.335 e. The van der Waals surface area contributed by atoms with Crippen molar-refractivity contribution in [3.63, 3.8) is 0 Å². The van der Waals surface area contributed by atoms with Crippen molar-refractivity contribution in [2.24, 2.45) is 5.92 Å². The Labute approximate surface area is 145 Å². The molecule has 25 heavy (non-hydrogen) atoms. The minimum Gasteiger partial charge on any atom is -0.478 e. The maximum atomic E-state index is 12.2. The first-order valence-corrected chi connectivity index (χ1v) is 8.10. The lowest BCUT2D eigenvalue weighted by molar-refractivity contribution is -0.117. The van der Waals surface area contributed by atoms with Gasteiger partial charge >= 0.3 is 5.97 Å². The Morgan fingerprint density at radius 1 is 1.20 bits per heavy atom. The van der Waals surface area contributed by atoms with E-state index in [-0.39, 0.29) is 29.5 Å². The van der Waals surface area contributed by atoms with Gasteiger partial charge in [0.05, 0.1) is 11.6 Å². The fourth-order valence-electron chi connectivity index (χ4n) is 3.35. The highest BCUT2D eigenvalue weighted by Gasteiger charge is 2.38. The van der Waals surface area contributed by atoms with Crippen LogP contribution in [0.1, 0.15) is 42.7 Å². The van der Waals surface area contributed by atoms with E-state index in [0.29, 0.717) is 5.95 Å². The molecule has 0 radical (unpaired) electrons. The summed E-state index contributed by atoms with van der Waals surface area (Å²) in [6, 6.07) is 6.31. The highest BCUT2D eigenvalue weighted by molar-refractivity contribution is 5.95. The molecule has 0 saturated heterocycles. The van der Waals surface area contributed by atoms with Gasteiger partial charge < -0.3 is 15.3 Å². The summed E-state index contributed by atoms with van der Waals surface area (Å²) in [6.07, 6.45) is 3.28. The molecule has 1 amide bonds. The molecule has 2 aromatic rings. The van der Waals surface area contributed by atoms with E-state index in [4.69, 9.17) is 0 Å². The molecule has 3 rings (SSSR count). The second-order valence-corrected chi connectivity index (χ2v) is 6.26. The van der Waals surface area contributed by atoms with Crippen LogP contribution in [-0.2, 0) is 4.79 Å². The number of aromatic nitrogens is 2. The van der Waals surface area contributed by atoms with Crippen LogP contribution in [0.25, 0.3) is 0 Å². The van der Waals surface area contributed by atoms with E-state index in [1.54, 1.807) is 35.5 Å². The van der Waals surface area contributed by atoms with Crippen LogP contribution in [-0.4, -0.2) is 33.0 Å². The van der Waals surface area contributed by atoms with Crippen LogP contribution in [0.15, 0.2) is 36.7 Å². The molecule has 7 nitrogen and oxygen atoms in total. The molecule has 3 unspecified atom stereocenters. The summed E-state index contributed by atoms with van der Waals surface area (Å²) >= 11 is 0. The molecular formula is C18H20N4O3. The second-order valence-electron chi connectivity index (χ2n) is 6.26. The molecule has 3 atom stereocenters. The first-order valence-electron chi connectivity index (χ1n) is 8.10. The predicted molar refractivity (Wildman–Crippen MR) is 93.6 cm³/mol. The number of amides is 1. The van der Waals surface area contributed by atoms with E-state index in [0.717, 1.165) is 11.3 Å². The number of rotatable bonds is 3. The average molecular weight is 340 g/mol. The van der Waals surface area contributed by atoms with Gasteiger partial charge in [0.25, 0.3) is 0 Å². The van der Waals surface area contributed by atoms with Gasteiger partial charge in [0.1, 0.15) is 0 Å². The average Bonchev–Trinajstić information content (AvgIpc) is 2.59. The molecule has 2 heterocycles. The van der Waals surface area contributed by atoms with Crippen LogP contribution >= 0.6 is 0 Å². The number of benzene rings is 1. The van der Waals surface area contributed by atoms with Gasteiger partial charge in [-0.15, -0.1) is 0 Å². The number of aromatic carboxylic acids is 1. The maximum absolute atomic E-state index is 12.2. The van der Waals surface area contributed by atoms with Crippen LogP contribution in [0.3, 0.4) is 0 Å². The van der Waals surface area contributed by atoms with Crippen LogP contribution < -0.4 is 10.2 Å². The van der Waals surface area contributed by atoms with Crippen LogP contribution in [0.2, 0.25) is 0 Å². The van der Waals surface area contributed by atoms with E-state index in [9.17, 15) is 14.7 Å². The van der Waals surface area contributed by atoms with Crippen molar-refractivity contribution < 1.29 is 14.7 Å². The number of anilines is 2. The third-order valence-electron chi connectivity index (χ3n) is 4.75. The van der Waals surface area contributed by atoms with Gasteiger partial charge in [0, 0.05) is 37.0 Å². The number of fused-ring (bicyclic) bond motifs is 1. The second kappa shape index (κ2) is 6.51. The molecule has 0 aliphatic carbocycles. The van der Waals surface area contributed by atoms with Crippen molar-refractivity contribution in [1.29, 1.82) is 0 Å². The monoisotopic (exact) mass is 340 g/mol. The zero-order chi connectivity index (χ0) is 18.1. The number of nitrogens with zero attached hydrogens (tertiary/aromatic N) is 3. The van der Waals surface area contributed by atoms with E-state index in [1.165, 1.54) is 13.0 Å². The minimum absolute atomic E-state index is 0.0317. The number of hydrogen-bond acceptors (Lipinski definition) is 5. The first kappa shape index (κ1) is 16.9. The van der Waals surface area contributed by atoms with Gasteiger partial charge in [-0.2, -0.15) is 0 Å². The molecule has 0 spiro atoms. The SMILES string of the molecule is CC(=O)N1c2ccc(C(=O)O)cc2C(Nc2ncccn2)C(C)C1C. The Hall–Kier alpha value is -2.96. The summed E-state index contributed by atoms with van der Waals surface area (Å²) in [6.45, 7) is 5.53. The summed E-state index contributed by atoms with van der Waals surface area (Å²) in [5.74, 6) is -0.574. The zero-order valence-corrected chi connectivity index (χ0v) is 14.3. The van der Waals surface area contributed by atoms with Crippen molar-refractivity contribution in [2.45, 2.75) is 32.9 Å². The van der Waals surface area contributed by atoms with Gasteiger partial charge in [0.15, 0.2) is 0 Å². The molecular weight excluding hydrogens is 320 g/mol. The summed E-state index contributed by atoms with van der Waals surface area (Å²) < 4.78 is 0. The van der Waals surface area contributed by atoms with Crippen molar-refractivity contribution in [3.8, 4) is 0 Å². The zero-order valence-electron chi connectivity index (χ0n) is 14.3. The van der Waals surface area contributed by atoms with Crippen molar-refractivity contribution >= 4 is 23.5 Å². The van der Waals surface area contributed by atoms with E-state index >= 15 is 0 Å². The number of carbonyl (C=O) groups excluding carboxylic acids is 1.